The minimum Gasteiger partial charge on any atom is -0.493 e. The third kappa shape index (κ3) is 5.70. The Bertz CT molecular complexity index is 1410. The molecule has 0 saturated carbocycles. The van der Waals surface area contributed by atoms with Crippen molar-refractivity contribution in [1.82, 2.24) is 4.90 Å². The molecular weight excluding hydrogens is 476 g/mol. The second kappa shape index (κ2) is 11.7. The fourth-order valence-corrected chi connectivity index (χ4v) is 5.33. The van der Waals surface area contributed by atoms with Crippen molar-refractivity contribution in [2.24, 2.45) is 5.92 Å². The third-order valence-corrected chi connectivity index (χ3v) is 7.66. The van der Waals surface area contributed by atoms with Crippen LogP contribution in [0.25, 0.3) is 22.3 Å². The van der Waals surface area contributed by atoms with E-state index in [0.717, 1.165) is 30.3 Å². The summed E-state index contributed by atoms with van der Waals surface area (Å²) in [5, 5.41) is 0.466. The van der Waals surface area contributed by atoms with Crippen molar-refractivity contribution in [2.75, 3.05) is 45.8 Å². The van der Waals surface area contributed by atoms with Crippen LogP contribution in [0.2, 0.25) is 0 Å². The molecule has 0 bridgehead atoms. The van der Waals surface area contributed by atoms with E-state index >= 15 is 0 Å². The fraction of sp³-hybridized carbons (Fsp3) is 0.344. The van der Waals surface area contributed by atoms with Crippen molar-refractivity contribution in [2.45, 2.75) is 25.8 Å². The van der Waals surface area contributed by atoms with Crippen LogP contribution in [0.1, 0.15) is 24.8 Å². The van der Waals surface area contributed by atoms with Gasteiger partial charge in [-0.05, 0) is 80.2 Å². The Kier molecular flexibility index (Phi) is 7.99. The molecule has 3 aromatic carbocycles. The highest BCUT2D eigenvalue weighted by Crippen LogP contribution is 2.36. The van der Waals surface area contributed by atoms with E-state index < -0.39 is 0 Å². The molecule has 6 heteroatoms. The lowest BCUT2D eigenvalue weighted by molar-refractivity contribution is 0.173. The Balaban J connectivity index is 1.20. The molecule has 1 aliphatic heterocycles. The van der Waals surface area contributed by atoms with Crippen molar-refractivity contribution in [3.63, 3.8) is 0 Å². The number of nitrogens with zero attached hydrogens (tertiary/aromatic N) is 2. The summed E-state index contributed by atoms with van der Waals surface area (Å²) in [5.74, 6) is 2.22. The normalized spacial score (nSPS) is 14.5. The van der Waals surface area contributed by atoms with E-state index in [4.69, 9.17) is 13.9 Å². The lowest BCUT2D eigenvalue weighted by Gasteiger charge is -2.33. The zero-order chi connectivity index (χ0) is 26.5. The first kappa shape index (κ1) is 25.9. The third-order valence-electron chi connectivity index (χ3n) is 7.66. The van der Waals surface area contributed by atoms with E-state index in [9.17, 15) is 4.79 Å². The molecule has 1 fully saturated rings. The summed E-state index contributed by atoms with van der Waals surface area (Å²) >= 11 is 0. The molecule has 1 aromatic heterocycles. The van der Waals surface area contributed by atoms with Crippen molar-refractivity contribution in [3.05, 3.63) is 88.6 Å². The van der Waals surface area contributed by atoms with Gasteiger partial charge < -0.3 is 18.8 Å². The Hall–Kier alpha value is -3.77. The maximum atomic E-state index is 12.8. The van der Waals surface area contributed by atoms with Gasteiger partial charge in [-0.15, -0.1) is 0 Å². The SMILES string of the molecule is COc1ccc2c(=O)cc(-c3ccc(N(C)CCC4CCN(Cc5ccccc5)CC4)cc3)oc2c1OC. The van der Waals surface area contributed by atoms with Gasteiger partial charge in [0.05, 0.1) is 19.6 Å². The summed E-state index contributed by atoms with van der Waals surface area (Å²) in [6.45, 7) is 4.42. The number of methoxy groups -OCH3 is 2. The number of anilines is 1. The molecule has 1 aliphatic rings. The van der Waals surface area contributed by atoms with Gasteiger partial charge in [-0.1, -0.05) is 30.3 Å². The molecule has 0 unspecified atom stereocenters. The summed E-state index contributed by atoms with van der Waals surface area (Å²) in [6.07, 6.45) is 3.71. The molecular formula is C32H36N2O4. The first-order valence-corrected chi connectivity index (χ1v) is 13.3. The summed E-state index contributed by atoms with van der Waals surface area (Å²) in [7, 11) is 5.26. The van der Waals surface area contributed by atoms with Gasteiger partial charge in [-0.25, -0.2) is 0 Å². The molecule has 38 heavy (non-hydrogen) atoms. The fourth-order valence-electron chi connectivity index (χ4n) is 5.33. The van der Waals surface area contributed by atoms with Gasteiger partial charge in [0, 0.05) is 37.5 Å². The molecule has 198 valence electrons. The molecule has 0 amide bonds. The number of ether oxygens (including phenoxy) is 2. The standard InChI is InChI=1S/C32H36N2O4/c1-33(18-15-23-16-19-34(20-17-23)22-24-7-5-4-6-8-24)26-11-9-25(10-12-26)30-21-28(35)27-13-14-29(36-2)32(37-3)31(27)38-30/h4-14,21,23H,15-20,22H2,1-3H3. The van der Waals surface area contributed by atoms with Crippen molar-refractivity contribution in [3.8, 4) is 22.8 Å². The number of piperidine rings is 1. The van der Waals surface area contributed by atoms with Crippen LogP contribution >= 0.6 is 0 Å². The molecule has 0 aliphatic carbocycles. The molecule has 2 heterocycles. The first-order chi connectivity index (χ1) is 18.6. The van der Waals surface area contributed by atoms with E-state index in [1.54, 1.807) is 26.4 Å². The summed E-state index contributed by atoms with van der Waals surface area (Å²) in [6, 6.07) is 23.9. The lowest BCUT2D eigenvalue weighted by Crippen LogP contribution is -2.34. The number of rotatable bonds is 9. The second-order valence-electron chi connectivity index (χ2n) is 10.1. The largest absolute Gasteiger partial charge is 0.493 e. The van der Waals surface area contributed by atoms with Gasteiger partial charge in [0.25, 0.3) is 0 Å². The van der Waals surface area contributed by atoms with Crippen LogP contribution in [-0.2, 0) is 6.54 Å². The number of fused-ring (bicyclic) bond motifs is 1. The van der Waals surface area contributed by atoms with E-state index in [-0.39, 0.29) is 5.43 Å². The first-order valence-electron chi connectivity index (χ1n) is 13.3. The van der Waals surface area contributed by atoms with Crippen LogP contribution in [0, 0.1) is 5.92 Å². The molecule has 0 spiro atoms. The minimum atomic E-state index is -0.113. The minimum absolute atomic E-state index is 0.113. The summed E-state index contributed by atoms with van der Waals surface area (Å²) < 4.78 is 17.0. The monoisotopic (exact) mass is 512 g/mol. The number of hydrogen-bond donors (Lipinski definition) is 0. The van der Waals surface area contributed by atoms with Crippen molar-refractivity contribution in [1.29, 1.82) is 0 Å². The van der Waals surface area contributed by atoms with E-state index in [1.807, 2.05) is 12.1 Å². The molecule has 4 aromatic rings. The molecule has 6 nitrogen and oxygen atoms in total. The van der Waals surface area contributed by atoms with Gasteiger partial charge in [-0.2, -0.15) is 0 Å². The van der Waals surface area contributed by atoms with Gasteiger partial charge in [0.1, 0.15) is 5.76 Å². The molecule has 5 rings (SSSR count). The van der Waals surface area contributed by atoms with E-state index in [1.165, 1.54) is 44.0 Å². The maximum Gasteiger partial charge on any atom is 0.204 e. The predicted octanol–water partition coefficient (Wildman–Crippen LogP) is 6.22. The van der Waals surface area contributed by atoms with Gasteiger partial charge in [-0.3, -0.25) is 9.69 Å². The van der Waals surface area contributed by atoms with Gasteiger partial charge >= 0.3 is 0 Å². The Morgan fingerprint density at radius 1 is 0.947 bits per heavy atom. The number of likely N-dealkylation sites (tertiary alicyclic amines) is 1. The lowest BCUT2D eigenvalue weighted by atomic mass is 9.93. The predicted molar refractivity (Wildman–Crippen MR) is 153 cm³/mol. The number of benzene rings is 3. The number of hydrogen-bond acceptors (Lipinski definition) is 6. The molecule has 1 saturated heterocycles. The highest BCUT2D eigenvalue weighted by atomic mass is 16.5. The zero-order valence-corrected chi connectivity index (χ0v) is 22.5. The van der Waals surface area contributed by atoms with Gasteiger partial charge in [0.15, 0.2) is 16.8 Å². The highest BCUT2D eigenvalue weighted by Gasteiger charge is 2.20. The maximum absolute atomic E-state index is 12.8. The average Bonchev–Trinajstić information content (AvgIpc) is 2.96. The van der Waals surface area contributed by atoms with Crippen LogP contribution in [0.15, 0.2) is 82.0 Å². The topological polar surface area (TPSA) is 55.2 Å². The molecule has 0 radical (unpaired) electrons. The second-order valence-corrected chi connectivity index (χ2v) is 10.1. The Morgan fingerprint density at radius 2 is 1.68 bits per heavy atom. The Morgan fingerprint density at radius 3 is 2.37 bits per heavy atom. The quantitative estimate of drug-likeness (QED) is 0.266. The van der Waals surface area contributed by atoms with Crippen LogP contribution in [0.5, 0.6) is 11.5 Å². The zero-order valence-electron chi connectivity index (χ0n) is 22.5. The van der Waals surface area contributed by atoms with Crippen LogP contribution in [-0.4, -0.2) is 45.8 Å². The average molecular weight is 513 g/mol. The van der Waals surface area contributed by atoms with E-state index in [2.05, 4.69) is 59.3 Å². The van der Waals surface area contributed by atoms with Gasteiger partial charge in [0.2, 0.25) is 5.75 Å². The van der Waals surface area contributed by atoms with Crippen molar-refractivity contribution < 1.29 is 13.9 Å². The van der Waals surface area contributed by atoms with Crippen LogP contribution in [0.4, 0.5) is 5.69 Å². The van der Waals surface area contributed by atoms with Crippen LogP contribution < -0.4 is 19.8 Å². The summed E-state index contributed by atoms with van der Waals surface area (Å²) in [5.41, 5.74) is 3.67. The molecule has 0 atom stereocenters. The smallest absolute Gasteiger partial charge is 0.204 e. The Labute approximate surface area is 224 Å². The van der Waals surface area contributed by atoms with Crippen molar-refractivity contribution >= 4 is 16.7 Å². The summed E-state index contributed by atoms with van der Waals surface area (Å²) in [4.78, 5) is 17.7. The van der Waals surface area contributed by atoms with Crippen LogP contribution in [0.3, 0.4) is 0 Å². The van der Waals surface area contributed by atoms with E-state index in [0.29, 0.717) is 28.2 Å². The highest BCUT2D eigenvalue weighted by molar-refractivity contribution is 5.86. The molecule has 0 N–H and O–H groups in total.